The number of halogens is 1. The monoisotopic (exact) mass is 211 g/mol. The average molecular weight is 212 g/mol. The minimum Gasteiger partial charge on any atom is -0.507 e. The van der Waals surface area contributed by atoms with Gasteiger partial charge in [-0.15, -0.1) is 0 Å². The molecule has 1 atom stereocenters. The van der Waals surface area contributed by atoms with Crippen LogP contribution in [0.4, 0.5) is 0 Å². The van der Waals surface area contributed by atoms with Crippen LogP contribution in [0.2, 0.25) is 5.02 Å². The van der Waals surface area contributed by atoms with Crippen LogP contribution in [0.3, 0.4) is 0 Å². The summed E-state index contributed by atoms with van der Waals surface area (Å²) in [6.07, 6.45) is 2.24. The van der Waals surface area contributed by atoms with Gasteiger partial charge in [-0.05, 0) is 44.0 Å². The molecule has 3 heteroatoms. The first kappa shape index (κ1) is 9.81. The van der Waals surface area contributed by atoms with Crippen LogP contribution in [-0.2, 0) is 0 Å². The molecule has 0 aromatic heterocycles. The van der Waals surface area contributed by atoms with Gasteiger partial charge in [0.2, 0.25) is 0 Å². The highest BCUT2D eigenvalue weighted by atomic mass is 35.5. The molecule has 1 saturated heterocycles. The molecule has 0 bridgehead atoms. The van der Waals surface area contributed by atoms with Crippen molar-refractivity contribution in [1.82, 2.24) is 5.32 Å². The topological polar surface area (TPSA) is 32.3 Å². The summed E-state index contributed by atoms with van der Waals surface area (Å²) in [5, 5.41) is 13.9. The van der Waals surface area contributed by atoms with Gasteiger partial charge in [-0.25, -0.2) is 0 Å². The number of aromatic hydroxyl groups is 1. The van der Waals surface area contributed by atoms with Gasteiger partial charge in [0.15, 0.2) is 0 Å². The third kappa shape index (κ3) is 1.72. The first-order chi connectivity index (χ1) is 6.68. The second-order valence-electron chi connectivity index (χ2n) is 3.81. The zero-order valence-electron chi connectivity index (χ0n) is 8.18. The van der Waals surface area contributed by atoms with E-state index in [4.69, 9.17) is 11.6 Å². The van der Waals surface area contributed by atoms with Crippen LogP contribution < -0.4 is 5.32 Å². The molecule has 1 aliphatic rings. The highest BCUT2D eigenvalue weighted by molar-refractivity contribution is 6.30. The molecule has 0 radical (unpaired) electrons. The number of nitrogens with one attached hydrogen (secondary N) is 1. The third-order valence-electron chi connectivity index (χ3n) is 2.73. The maximum Gasteiger partial charge on any atom is 0.123 e. The molecule has 2 N–H and O–H groups in total. The summed E-state index contributed by atoms with van der Waals surface area (Å²) in [6.45, 7) is 2.90. The molecule has 1 aromatic rings. The van der Waals surface area contributed by atoms with Crippen molar-refractivity contribution in [3.8, 4) is 5.75 Å². The van der Waals surface area contributed by atoms with E-state index in [1.807, 2.05) is 13.0 Å². The Bertz CT molecular complexity index is 345. The molecule has 1 aromatic carbocycles. The number of phenolic OH excluding ortho intramolecular Hbond substituents is 1. The van der Waals surface area contributed by atoms with E-state index < -0.39 is 0 Å². The fourth-order valence-electron chi connectivity index (χ4n) is 1.98. The van der Waals surface area contributed by atoms with E-state index in [0.717, 1.165) is 30.5 Å². The largest absolute Gasteiger partial charge is 0.507 e. The zero-order chi connectivity index (χ0) is 10.1. The quantitative estimate of drug-likeness (QED) is 0.749. The van der Waals surface area contributed by atoms with Crippen molar-refractivity contribution < 1.29 is 5.11 Å². The summed E-state index contributed by atoms with van der Waals surface area (Å²) in [5.74, 6) is 0.383. The van der Waals surface area contributed by atoms with Gasteiger partial charge in [0.25, 0.3) is 0 Å². The molecular weight excluding hydrogens is 198 g/mol. The highest BCUT2D eigenvalue weighted by Gasteiger charge is 2.20. The second kappa shape index (κ2) is 3.79. The smallest absolute Gasteiger partial charge is 0.123 e. The molecule has 2 rings (SSSR count). The first-order valence-corrected chi connectivity index (χ1v) is 5.28. The number of rotatable bonds is 1. The van der Waals surface area contributed by atoms with Crippen molar-refractivity contribution in [2.75, 3.05) is 6.54 Å². The minimum absolute atomic E-state index is 0.271. The number of hydrogen-bond donors (Lipinski definition) is 2. The van der Waals surface area contributed by atoms with E-state index in [9.17, 15) is 5.11 Å². The zero-order valence-corrected chi connectivity index (χ0v) is 8.93. The van der Waals surface area contributed by atoms with Crippen molar-refractivity contribution in [2.24, 2.45) is 0 Å². The van der Waals surface area contributed by atoms with Crippen LogP contribution in [0, 0.1) is 6.92 Å². The molecule has 14 heavy (non-hydrogen) atoms. The van der Waals surface area contributed by atoms with E-state index in [2.05, 4.69) is 5.32 Å². The van der Waals surface area contributed by atoms with Crippen LogP contribution in [0.25, 0.3) is 0 Å². The molecule has 2 nitrogen and oxygen atoms in total. The normalized spacial score (nSPS) is 21.4. The first-order valence-electron chi connectivity index (χ1n) is 4.91. The summed E-state index contributed by atoms with van der Waals surface area (Å²) in [6, 6.07) is 3.91. The molecule has 76 valence electrons. The fourth-order valence-corrected chi connectivity index (χ4v) is 2.26. The lowest BCUT2D eigenvalue weighted by atomic mass is 10.0. The number of aryl methyl sites for hydroxylation is 1. The molecule has 0 unspecified atom stereocenters. The van der Waals surface area contributed by atoms with E-state index in [1.165, 1.54) is 0 Å². The van der Waals surface area contributed by atoms with Crippen LogP contribution in [0.1, 0.15) is 30.0 Å². The van der Waals surface area contributed by atoms with Gasteiger partial charge in [0, 0.05) is 16.6 Å². The van der Waals surface area contributed by atoms with Crippen molar-refractivity contribution >= 4 is 11.6 Å². The van der Waals surface area contributed by atoms with Gasteiger partial charge in [-0.1, -0.05) is 11.6 Å². The number of phenols is 1. The Morgan fingerprint density at radius 2 is 2.29 bits per heavy atom. The van der Waals surface area contributed by atoms with Gasteiger partial charge in [-0.3, -0.25) is 0 Å². The molecule has 0 saturated carbocycles. The van der Waals surface area contributed by atoms with Crippen molar-refractivity contribution in [3.63, 3.8) is 0 Å². The maximum absolute atomic E-state index is 9.88. The predicted octanol–water partition coefficient (Wildman–Crippen LogP) is 2.78. The summed E-state index contributed by atoms with van der Waals surface area (Å²) >= 11 is 5.96. The number of hydrogen-bond acceptors (Lipinski definition) is 2. The standard InChI is InChI=1S/C11H14ClNO/c1-7-5-8(12)6-9(11(7)14)10-3-2-4-13-10/h5-6,10,13-14H,2-4H2,1H3/t10-/m0/s1. The second-order valence-corrected chi connectivity index (χ2v) is 4.25. The SMILES string of the molecule is Cc1cc(Cl)cc([C@@H]2CCCN2)c1O. The van der Waals surface area contributed by atoms with Crippen molar-refractivity contribution in [1.29, 1.82) is 0 Å². The molecule has 1 fully saturated rings. The Kier molecular flexibility index (Phi) is 2.66. The van der Waals surface area contributed by atoms with Gasteiger partial charge in [-0.2, -0.15) is 0 Å². The molecule has 0 aliphatic carbocycles. The van der Waals surface area contributed by atoms with Crippen LogP contribution in [-0.4, -0.2) is 11.7 Å². The molecule has 1 aliphatic heterocycles. The summed E-state index contributed by atoms with van der Waals surface area (Å²) in [5.41, 5.74) is 1.79. The molecule has 1 heterocycles. The molecule has 0 amide bonds. The Morgan fingerprint density at radius 3 is 2.93 bits per heavy atom. The van der Waals surface area contributed by atoms with Gasteiger partial charge in [0.1, 0.15) is 5.75 Å². The third-order valence-corrected chi connectivity index (χ3v) is 2.95. The summed E-state index contributed by atoms with van der Waals surface area (Å²) in [4.78, 5) is 0. The molecule has 0 spiro atoms. The Morgan fingerprint density at radius 1 is 1.50 bits per heavy atom. The van der Waals surface area contributed by atoms with Gasteiger partial charge >= 0.3 is 0 Å². The van der Waals surface area contributed by atoms with Crippen molar-refractivity contribution in [3.05, 3.63) is 28.3 Å². The van der Waals surface area contributed by atoms with E-state index in [1.54, 1.807) is 6.07 Å². The van der Waals surface area contributed by atoms with E-state index in [0.29, 0.717) is 10.8 Å². The Balaban J connectivity index is 2.40. The van der Waals surface area contributed by atoms with Gasteiger partial charge < -0.3 is 10.4 Å². The summed E-state index contributed by atoms with van der Waals surface area (Å²) in [7, 11) is 0. The van der Waals surface area contributed by atoms with Crippen molar-refractivity contribution in [2.45, 2.75) is 25.8 Å². The molecular formula is C11H14ClNO. The Labute approximate surface area is 88.9 Å². The van der Waals surface area contributed by atoms with E-state index in [-0.39, 0.29) is 6.04 Å². The van der Waals surface area contributed by atoms with Gasteiger partial charge in [0.05, 0.1) is 0 Å². The highest BCUT2D eigenvalue weighted by Crippen LogP contribution is 2.34. The number of benzene rings is 1. The maximum atomic E-state index is 9.88. The Hall–Kier alpha value is -0.730. The lowest BCUT2D eigenvalue weighted by Gasteiger charge is -2.14. The predicted molar refractivity (Wildman–Crippen MR) is 57.8 cm³/mol. The average Bonchev–Trinajstić information content (AvgIpc) is 2.63. The summed E-state index contributed by atoms with van der Waals surface area (Å²) < 4.78 is 0. The van der Waals surface area contributed by atoms with Crippen LogP contribution in [0.15, 0.2) is 12.1 Å². The lowest BCUT2D eigenvalue weighted by Crippen LogP contribution is -2.13. The minimum atomic E-state index is 0.271. The van der Waals surface area contributed by atoms with E-state index >= 15 is 0 Å². The van der Waals surface area contributed by atoms with Crippen LogP contribution in [0.5, 0.6) is 5.75 Å². The fraction of sp³-hybridized carbons (Fsp3) is 0.455. The lowest BCUT2D eigenvalue weighted by molar-refractivity contribution is 0.453. The van der Waals surface area contributed by atoms with Crippen LogP contribution >= 0.6 is 11.6 Å².